The number of amides is 1. The van der Waals surface area contributed by atoms with E-state index in [1.165, 1.54) is 31.5 Å². The quantitative estimate of drug-likeness (QED) is 0.571. The fourth-order valence-electron chi connectivity index (χ4n) is 3.06. The second-order valence-electron chi connectivity index (χ2n) is 7.93. The zero-order chi connectivity index (χ0) is 24.7. The van der Waals surface area contributed by atoms with E-state index in [0.717, 1.165) is 11.1 Å². The highest BCUT2D eigenvalue weighted by molar-refractivity contribution is 5.98. The van der Waals surface area contributed by atoms with E-state index in [1.807, 2.05) is 6.92 Å². The Balaban J connectivity index is 2.04. The van der Waals surface area contributed by atoms with Gasteiger partial charge in [-0.25, -0.2) is 9.37 Å². The zero-order valence-electron chi connectivity index (χ0n) is 19.6. The lowest BCUT2D eigenvalue weighted by atomic mass is 9.92. The molecule has 0 unspecified atom stereocenters. The van der Waals surface area contributed by atoms with Gasteiger partial charge in [-0.05, 0) is 37.1 Å². The molecular weight excluding hydrogens is 431 g/mol. The fourth-order valence-corrected chi connectivity index (χ4v) is 3.06. The van der Waals surface area contributed by atoms with Gasteiger partial charge in [-0.15, -0.1) is 0 Å². The minimum atomic E-state index is -0.729. The van der Waals surface area contributed by atoms with Crippen LogP contribution in [0.5, 0.6) is 11.5 Å². The number of hydrogen-bond acceptors (Lipinski definition) is 7. The van der Waals surface area contributed by atoms with E-state index in [1.54, 1.807) is 33.8 Å². The lowest BCUT2D eigenvalue weighted by Gasteiger charge is -2.22. The van der Waals surface area contributed by atoms with Crippen LogP contribution in [0.4, 0.5) is 4.39 Å². The van der Waals surface area contributed by atoms with E-state index < -0.39 is 36.4 Å². The van der Waals surface area contributed by atoms with Gasteiger partial charge in [0.1, 0.15) is 18.5 Å². The number of ether oxygens (including phenoxy) is 3. The number of nitrogens with zero attached hydrogens (tertiary/aromatic N) is 1. The van der Waals surface area contributed by atoms with Crippen molar-refractivity contribution in [1.82, 2.24) is 10.3 Å². The van der Waals surface area contributed by atoms with Gasteiger partial charge >= 0.3 is 11.9 Å². The number of benzene rings is 1. The molecule has 0 saturated heterocycles. The number of pyridine rings is 1. The highest BCUT2D eigenvalue weighted by atomic mass is 19.1. The van der Waals surface area contributed by atoms with Gasteiger partial charge in [-0.3, -0.25) is 14.4 Å². The normalized spacial score (nSPS) is 12.6. The molecule has 9 heteroatoms. The van der Waals surface area contributed by atoms with Crippen molar-refractivity contribution in [2.45, 2.75) is 46.6 Å². The van der Waals surface area contributed by atoms with Crippen molar-refractivity contribution < 1.29 is 33.0 Å². The summed E-state index contributed by atoms with van der Waals surface area (Å²) in [5.74, 6) is -2.88. The van der Waals surface area contributed by atoms with E-state index in [9.17, 15) is 18.8 Å². The molecule has 178 valence electrons. The predicted octanol–water partition coefficient (Wildman–Crippen LogP) is 3.56. The Morgan fingerprint density at radius 1 is 1.12 bits per heavy atom. The molecule has 1 amide bonds. The number of esters is 2. The number of aromatic nitrogens is 1. The largest absolute Gasteiger partial charge is 0.493 e. The van der Waals surface area contributed by atoms with Crippen molar-refractivity contribution in [3.05, 3.63) is 53.1 Å². The van der Waals surface area contributed by atoms with Crippen molar-refractivity contribution in [2.24, 2.45) is 5.92 Å². The average molecular weight is 461 g/mol. The van der Waals surface area contributed by atoms with E-state index in [2.05, 4.69) is 10.3 Å². The lowest BCUT2D eigenvalue weighted by molar-refractivity contribution is -0.147. The number of rotatable bonds is 9. The van der Waals surface area contributed by atoms with Crippen molar-refractivity contribution in [2.75, 3.05) is 13.7 Å². The fraction of sp³-hybridized carbons (Fsp3) is 0.417. The minimum Gasteiger partial charge on any atom is -0.493 e. The van der Waals surface area contributed by atoms with E-state index in [4.69, 9.17) is 14.2 Å². The molecule has 1 aromatic heterocycles. The third kappa shape index (κ3) is 6.74. The Hall–Kier alpha value is -3.49. The molecule has 2 aromatic rings. The van der Waals surface area contributed by atoms with Crippen LogP contribution in [0.25, 0.3) is 0 Å². The van der Waals surface area contributed by atoms with Crippen molar-refractivity contribution in [3.63, 3.8) is 0 Å². The monoisotopic (exact) mass is 460 g/mol. The van der Waals surface area contributed by atoms with E-state index in [0.29, 0.717) is 0 Å². The number of nitrogens with one attached hydrogen (secondary N) is 1. The summed E-state index contributed by atoms with van der Waals surface area (Å²) < 4.78 is 29.2. The molecule has 8 nitrogen and oxygen atoms in total. The summed E-state index contributed by atoms with van der Waals surface area (Å²) >= 11 is 0. The van der Waals surface area contributed by atoms with Crippen LogP contribution in [-0.4, -0.2) is 42.6 Å². The first kappa shape index (κ1) is 25.8. The summed E-state index contributed by atoms with van der Waals surface area (Å²) in [4.78, 5) is 41.0. The van der Waals surface area contributed by atoms with Gasteiger partial charge in [-0.2, -0.15) is 0 Å². The second kappa shape index (κ2) is 11.4. The SMILES string of the molecule is COc1ccnc(C(=O)NCC(=O)O[C@@H](C)[C@@H](C)c2ccc(F)cc2C)c1OC(=O)C(C)C. The molecule has 0 fully saturated rings. The van der Waals surface area contributed by atoms with Crippen LogP contribution >= 0.6 is 0 Å². The Labute approximate surface area is 192 Å². The zero-order valence-corrected chi connectivity index (χ0v) is 19.6. The maximum atomic E-state index is 13.4. The minimum absolute atomic E-state index is 0.127. The van der Waals surface area contributed by atoms with Crippen LogP contribution in [0.3, 0.4) is 0 Å². The van der Waals surface area contributed by atoms with Gasteiger partial charge in [0.25, 0.3) is 5.91 Å². The number of aryl methyl sites for hydroxylation is 1. The van der Waals surface area contributed by atoms with Crippen LogP contribution in [0.15, 0.2) is 30.5 Å². The highest BCUT2D eigenvalue weighted by Gasteiger charge is 2.24. The first-order chi connectivity index (χ1) is 15.5. The number of hydrogen-bond donors (Lipinski definition) is 1. The van der Waals surface area contributed by atoms with Crippen LogP contribution in [-0.2, 0) is 14.3 Å². The van der Waals surface area contributed by atoms with Crippen LogP contribution in [0.1, 0.15) is 55.2 Å². The van der Waals surface area contributed by atoms with Gasteiger partial charge in [0.15, 0.2) is 11.4 Å². The molecule has 0 spiro atoms. The van der Waals surface area contributed by atoms with Gasteiger partial charge in [0.05, 0.1) is 13.0 Å². The first-order valence-electron chi connectivity index (χ1n) is 10.5. The van der Waals surface area contributed by atoms with E-state index in [-0.39, 0.29) is 28.9 Å². The summed E-state index contributed by atoms with van der Waals surface area (Å²) in [6, 6.07) is 5.90. The Morgan fingerprint density at radius 3 is 2.42 bits per heavy atom. The lowest BCUT2D eigenvalue weighted by Crippen LogP contribution is -2.34. The molecule has 1 aromatic carbocycles. The van der Waals surface area contributed by atoms with Crippen molar-refractivity contribution in [3.8, 4) is 11.5 Å². The Kier molecular flexibility index (Phi) is 8.90. The molecular formula is C24H29FN2O6. The highest BCUT2D eigenvalue weighted by Crippen LogP contribution is 2.30. The molecule has 0 saturated carbocycles. The van der Waals surface area contributed by atoms with Gasteiger partial charge in [0, 0.05) is 18.2 Å². The van der Waals surface area contributed by atoms with Crippen molar-refractivity contribution >= 4 is 17.8 Å². The van der Waals surface area contributed by atoms with Crippen LogP contribution in [0, 0.1) is 18.7 Å². The van der Waals surface area contributed by atoms with Gasteiger partial charge in [-0.1, -0.05) is 26.8 Å². The smallest absolute Gasteiger partial charge is 0.325 e. The van der Waals surface area contributed by atoms with Crippen LogP contribution in [0.2, 0.25) is 0 Å². The molecule has 0 radical (unpaired) electrons. The maximum absolute atomic E-state index is 13.4. The number of methoxy groups -OCH3 is 1. The molecule has 0 aliphatic heterocycles. The summed E-state index contributed by atoms with van der Waals surface area (Å²) in [6.07, 6.45) is 0.809. The van der Waals surface area contributed by atoms with Gasteiger partial charge < -0.3 is 19.5 Å². The molecule has 33 heavy (non-hydrogen) atoms. The molecule has 1 N–H and O–H groups in total. The summed E-state index contributed by atoms with van der Waals surface area (Å²) in [5.41, 5.74) is 1.42. The molecule has 0 bridgehead atoms. The number of halogens is 1. The predicted molar refractivity (Wildman–Crippen MR) is 119 cm³/mol. The molecule has 2 atom stereocenters. The van der Waals surface area contributed by atoms with Crippen LogP contribution < -0.4 is 14.8 Å². The first-order valence-corrected chi connectivity index (χ1v) is 10.5. The molecule has 0 aliphatic rings. The summed E-state index contributed by atoms with van der Waals surface area (Å²) in [5, 5.41) is 2.42. The third-order valence-electron chi connectivity index (χ3n) is 5.11. The molecule has 1 heterocycles. The Morgan fingerprint density at radius 2 is 1.82 bits per heavy atom. The van der Waals surface area contributed by atoms with Gasteiger partial charge in [0.2, 0.25) is 5.75 Å². The summed E-state index contributed by atoms with van der Waals surface area (Å²) in [6.45, 7) is 8.25. The molecule has 2 rings (SSSR count). The number of carbonyl (C=O) groups excluding carboxylic acids is 3. The van der Waals surface area contributed by atoms with E-state index >= 15 is 0 Å². The average Bonchev–Trinajstić information content (AvgIpc) is 2.76. The van der Waals surface area contributed by atoms with Crippen molar-refractivity contribution in [1.29, 1.82) is 0 Å². The second-order valence-corrected chi connectivity index (χ2v) is 7.93. The molecule has 0 aliphatic carbocycles. The Bertz CT molecular complexity index is 1020. The number of carbonyl (C=O) groups is 3. The standard InChI is InChI=1S/C24H29FN2O6/c1-13(2)24(30)33-22-19(31-6)9-10-26-21(22)23(29)27-12-20(28)32-16(5)15(4)18-8-7-17(25)11-14(18)3/h7-11,13,15-16H,12H2,1-6H3,(H,27,29)/t15-,16+/m1/s1. The third-order valence-corrected chi connectivity index (χ3v) is 5.11. The maximum Gasteiger partial charge on any atom is 0.325 e. The summed E-state index contributed by atoms with van der Waals surface area (Å²) in [7, 11) is 1.37. The topological polar surface area (TPSA) is 104 Å².